The maximum Gasteiger partial charge on any atom is 0.0981 e. The Balaban J connectivity index is 2.47. The van der Waals surface area contributed by atoms with Gasteiger partial charge in [-0.05, 0) is 41.7 Å². The van der Waals surface area contributed by atoms with Gasteiger partial charge < -0.3 is 10.5 Å². The van der Waals surface area contributed by atoms with E-state index >= 15 is 0 Å². The summed E-state index contributed by atoms with van der Waals surface area (Å²) in [6.45, 7) is 7.25. The second-order valence-electron chi connectivity index (χ2n) is 4.56. The van der Waals surface area contributed by atoms with Gasteiger partial charge in [0.05, 0.1) is 12.7 Å². The normalized spacial score (nSPS) is 17.0. The summed E-state index contributed by atoms with van der Waals surface area (Å²) in [5.74, 6) is 0.616. The molecule has 92 valence electrons. The van der Waals surface area contributed by atoms with Crippen LogP contribution in [0.25, 0.3) is 0 Å². The molecule has 3 unspecified atom stereocenters. The molecule has 16 heavy (non-hydrogen) atoms. The van der Waals surface area contributed by atoms with Crippen LogP contribution in [0.5, 0.6) is 0 Å². The second-order valence-corrected chi connectivity index (χ2v) is 5.34. The first-order chi connectivity index (χ1) is 7.65. The summed E-state index contributed by atoms with van der Waals surface area (Å²) in [5.41, 5.74) is 7.18. The lowest BCUT2D eigenvalue weighted by atomic mass is 10.1. The third kappa shape index (κ3) is 4.24. The Hall–Kier alpha value is -0.380. The average Bonchev–Trinajstić information content (AvgIpc) is 2.71. The van der Waals surface area contributed by atoms with E-state index in [0.717, 1.165) is 6.61 Å². The highest BCUT2D eigenvalue weighted by molar-refractivity contribution is 7.07. The minimum absolute atomic E-state index is 0.0448. The van der Waals surface area contributed by atoms with E-state index in [-0.39, 0.29) is 12.1 Å². The van der Waals surface area contributed by atoms with Crippen molar-refractivity contribution in [2.24, 2.45) is 11.7 Å². The van der Waals surface area contributed by atoms with Crippen molar-refractivity contribution in [3.8, 4) is 0 Å². The number of rotatable bonds is 7. The molecule has 0 aliphatic heterocycles. The molecule has 1 heterocycles. The maximum atomic E-state index is 5.97. The summed E-state index contributed by atoms with van der Waals surface area (Å²) in [6.07, 6.45) is 2.48. The van der Waals surface area contributed by atoms with E-state index < -0.39 is 0 Å². The Bertz CT molecular complexity index is 271. The van der Waals surface area contributed by atoms with Gasteiger partial charge in [0, 0.05) is 6.04 Å². The van der Waals surface area contributed by atoms with Crippen LogP contribution in [-0.4, -0.2) is 12.6 Å². The third-order valence-electron chi connectivity index (χ3n) is 2.69. The minimum Gasteiger partial charge on any atom is -0.372 e. The van der Waals surface area contributed by atoms with Gasteiger partial charge in [0.1, 0.15) is 0 Å². The summed E-state index contributed by atoms with van der Waals surface area (Å²) in [6, 6.07) is 2.15. The van der Waals surface area contributed by atoms with E-state index in [0.29, 0.717) is 5.92 Å². The molecule has 0 radical (unpaired) electrons. The average molecular weight is 241 g/mol. The standard InChI is InChI=1S/C13H23NOS/c1-4-5-10(2)8-15-13(11(3)14)12-6-7-16-9-12/h6-7,9-11,13H,4-5,8,14H2,1-3H3. The van der Waals surface area contributed by atoms with Gasteiger partial charge in [-0.1, -0.05) is 20.3 Å². The number of nitrogens with two attached hydrogens (primary N) is 1. The quantitative estimate of drug-likeness (QED) is 0.791. The number of ether oxygens (including phenoxy) is 1. The molecule has 0 saturated carbocycles. The van der Waals surface area contributed by atoms with E-state index in [2.05, 4.69) is 30.7 Å². The molecule has 0 saturated heterocycles. The Morgan fingerprint density at radius 3 is 2.69 bits per heavy atom. The first kappa shape index (κ1) is 13.7. The zero-order valence-electron chi connectivity index (χ0n) is 10.5. The fraction of sp³-hybridized carbons (Fsp3) is 0.692. The van der Waals surface area contributed by atoms with Crippen LogP contribution < -0.4 is 5.73 Å². The minimum atomic E-state index is 0.0448. The molecule has 2 nitrogen and oxygen atoms in total. The van der Waals surface area contributed by atoms with Crippen molar-refractivity contribution in [3.05, 3.63) is 22.4 Å². The summed E-state index contributed by atoms with van der Waals surface area (Å²) in [4.78, 5) is 0. The number of thiophene rings is 1. The molecule has 2 N–H and O–H groups in total. The van der Waals surface area contributed by atoms with Crippen LogP contribution in [0.2, 0.25) is 0 Å². The smallest absolute Gasteiger partial charge is 0.0981 e. The first-order valence-electron chi connectivity index (χ1n) is 6.04. The SMILES string of the molecule is CCCC(C)COC(c1ccsc1)C(C)N. The molecule has 3 heteroatoms. The molecular weight excluding hydrogens is 218 g/mol. The lowest BCUT2D eigenvalue weighted by molar-refractivity contribution is 0.0176. The highest BCUT2D eigenvalue weighted by atomic mass is 32.1. The highest BCUT2D eigenvalue weighted by Crippen LogP contribution is 2.23. The van der Waals surface area contributed by atoms with Gasteiger partial charge in [0.2, 0.25) is 0 Å². The molecule has 0 aromatic carbocycles. The van der Waals surface area contributed by atoms with Crippen LogP contribution in [0.1, 0.15) is 45.3 Å². The van der Waals surface area contributed by atoms with E-state index in [9.17, 15) is 0 Å². The molecule has 0 aliphatic carbocycles. The van der Waals surface area contributed by atoms with Crippen molar-refractivity contribution in [1.82, 2.24) is 0 Å². The van der Waals surface area contributed by atoms with Crippen LogP contribution in [0, 0.1) is 5.92 Å². The fourth-order valence-corrected chi connectivity index (χ4v) is 2.52. The van der Waals surface area contributed by atoms with Crippen LogP contribution in [-0.2, 0) is 4.74 Å². The first-order valence-corrected chi connectivity index (χ1v) is 6.98. The van der Waals surface area contributed by atoms with Gasteiger partial charge in [-0.15, -0.1) is 0 Å². The zero-order chi connectivity index (χ0) is 12.0. The van der Waals surface area contributed by atoms with Crippen LogP contribution in [0.15, 0.2) is 16.8 Å². The largest absolute Gasteiger partial charge is 0.372 e. The van der Waals surface area contributed by atoms with E-state index in [1.807, 2.05) is 6.92 Å². The predicted octanol–water partition coefficient (Wildman–Crippen LogP) is 3.59. The summed E-state index contributed by atoms with van der Waals surface area (Å²) >= 11 is 1.69. The topological polar surface area (TPSA) is 35.2 Å². The summed E-state index contributed by atoms with van der Waals surface area (Å²) in [5, 5.41) is 4.20. The zero-order valence-corrected chi connectivity index (χ0v) is 11.3. The van der Waals surface area contributed by atoms with Crippen LogP contribution in [0.3, 0.4) is 0 Å². The molecule has 1 rings (SSSR count). The van der Waals surface area contributed by atoms with Crippen molar-refractivity contribution in [1.29, 1.82) is 0 Å². The number of hydrogen-bond donors (Lipinski definition) is 1. The van der Waals surface area contributed by atoms with Gasteiger partial charge in [-0.3, -0.25) is 0 Å². The Labute approximate surface area is 103 Å². The van der Waals surface area contributed by atoms with Crippen molar-refractivity contribution in [3.63, 3.8) is 0 Å². The molecule has 1 aromatic rings. The predicted molar refractivity (Wildman–Crippen MR) is 70.7 cm³/mol. The van der Waals surface area contributed by atoms with Crippen LogP contribution in [0.4, 0.5) is 0 Å². The van der Waals surface area contributed by atoms with E-state index in [1.54, 1.807) is 11.3 Å². The summed E-state index contributed by atoms with van der Waals surface area (Å²) < 4.78 is 5.94. The van der Waals surface area contributed by atoms with Gasteiger partial charge >= 0.3 is 0 Å². The second kappa shape index (κ2) is 7.05. The van der Waals surface area contributed by atoms with E-state index in [1.165, 1.54) is 18.4 Å². The fourth-order valence-electron chi connectivity index (χ4n) is 1.83. The van der Waals surface area contributed by atoms with Gasteiger partial charge in [0.15, 0.2) is 0 Å². The lowest BCUT2D eigenvalue weighted by Gasteiger charge is -2.22. The number of hydrogen-bond acceptors (Lipinski definition) is 3. The van der Waals surface area contributed by atoms with Gasteiger partial charge in [-0.25, -0.2) is 0 Å². The maximum absolute atomic E-state index is 5.97. The van der Waals surface area contributed by atoms with Crippen molar-refractivity contribution < 1.29 is 4.74 Å². The summed E-state index contributed by atoms with van der Waals surface area (Å²) in [7, 11) is 0. The molecule has 0 aliphatic rings. The van der Waals surface area contributed by atoms with Crippen molar-refractivity contribution in [2.75, 3.05) is 6.61 Å². The Morgan fingerprint density at radius 1 is 1.44 bits per heavy atom. The van der Waals surface area contributed by atoms with Gasteiger partial charge in [0.25, 0.3) is 0 Å². The van der Waals surface area contributed by atoms with E-state index in [4.69, 9.17) is 10.5 Å². The lowest BCUT2D eigenvalue weighted by Crippen LogP contribution is -2.28. The Morgan fingerprint density at radius 2 is 2.19 bits per heavy atom. The molecule has 0 bridgehead atoms. The highest BCUT2D eigenvalue weighted by Gasteiger charge is 2.18. The molecule has 1 aromatic heterocycles. The monoisotopic (exact) mass is 241 g/mol. The molecule has 3 atom stereocenters. The van der Waals surface area contributed by atoms with Crippen LogP contribution >= 0.6 is 11.3 Å². The van der Waals surface area contributed by atoms with Gasteiger partial charge in [-0.2, -0.15) is 11.3 Å². The van der Waals surface area contributed by atoms with Crippen molar-refractivity contribution in [2.45, 2.75) is 45.8 Å². The Kier molecular flexibility index (Phi) is 6.03. The molecule has 0 spiro atoms. The molecule has 0 fully saturated rings. The molecule has 0 amide bonds. The van der Waals surface area contributed by atoms with Crippen molar-refractivity contribution >= 4 is 11.3 Å². The third-order valence-corrected chi connectivity index (χ3v) is 3.39. The molecular formula is C13H23NOS.